The number of hydrogen-bond acceptors (Lipinski definition) is 3. The van der Waals surface area contributed by atoms with Crippen LogP contribution in [0.25, 0.3) is 0 Å². The van der Waals surface area contributed by atoms with E-state index in [2.05, 4.69) is 20.7 Å². The lowest BCUT2D eigenvalue weighted by Crippen LogP contribution is -2.49. The Morgan fingerprint density at radius 1 is 1.15 bits per heavy atom. The van der Waals surface area contributed by atoms with Gasteiger partial charge in [0.05, 0.1) is 5.69 Å². The predicted octanol–water partition coefficient (Wildman–Crippen LogP) is 1.56. The molecule has 0 bridgehead atoms. The van der Waals surface area contributed by atoms with Gasteiger partial charge >= 0.3 is 0 Å². The van der Waals surface area contributed by atoms with Gasteiger partial charge in [-0.05, 0) is 12.1 Å². The summed E-state index contributed by atoms with van der Waals surface area (Å²) in [5.74, 6) is 0.111. The number of hydrogen-bond donors (Lipinski definition) is 2. The van der Waals surface area contributed by atoms with Gasteiger partial charge in [-0.25, -0.2) is 0 Å². The summed E-state index contributed by atoms with van der Waals surface area (Å²) in [5.41, 5.74) is 3.30. The number of benzene rings is 1. The minimum absolute atomic E-state index is 0.111. The molecular formula is C14H14FN5. The van der Waals surface area contributed by atoms with Gasteiger partial charge in [-0.2, -0.15) is 5.43 Å². The van der Waals surface area contributed by atoms with Crippen molar-refractivity contribution in [1.82, 2.24) is 21.0 Å². The van der Waals surface area contributed by atoms with Crippen LogP contribution < -0.4 is 10.7 Å². The van der Waals surface area contributed by atoms with Crippen molar-refractivity contribution in [3.8, 4) is 0 Å². The third kappa shape index (κ3) is 1.90. The lowest BCUT2D eigenvalue weighted by Gasteiger charge is -2.28. The van der Waals surface area contributed by atoms with Gasteiger partial charge < -0.3 is 5.32 Å². The first kappa shape index (κ1) is 12.6. The topological polar surface area (TPSA) is 52.6 Å². The van der Waals surface area contributed by atoms with E-state index in [1.54, 1.807) is 6.20 Å². The predicted molar refractivity (Wildman–Crippen MR) is 74.0 cm³/mol. The smallest absolute Gasteiger partial charge is 0.241 e. The van der Waals surface area contributed by atoms with Crippen molar-refractivity contribution in [2.45, 2.75) is 5.66 Å². The average molecular weight is 271 g/mol. The highest BCUT2D eigenvalue weighted by Crippen LogP contribution is 2.29. The molecule has 1 fully saturated rings. The Bertz CT molecular complexity index is 574. The van der Waals surface area contributed by atoms with Crippen LogP contribution in [0.4, 0.5) is 4.48 Å². The Kier molecular flexibility index (Phi) is 3.08. The SMILES string of the molecule is CN=C1NC(c2ccccc2)(c2ccccn2)NN1F. The molecular weight excluding hydrogens is 257 g/mol. The van der Waals surface area contributed by atoms with Crippen molar-refractivity contribution < 1.29 is 4.48 Å². The van der Waals surface area contributed by atoms with E-state index in [1.165, 1.54) is 7.05 Å². The zero-order valence-electron chi connectivity index (χ0n) is 10.9. The normalized spacial score (nSPS) is 23.9. The van der Waals surface area contributed by atoms with Crippen molar-refractivity contribution in [1.29, 1.82) is 0 Å². The molecule has 2 aromatic rings. The van der Waals surface area contributed by atoms with E-state index in [4.69, 9.17) is 0 Å². The van der Waals surface area contributed by atoms with Gasteiger partial charge in [0.15, 0.2) is 5.66 Å². The molecule has 1 saturated heterocycles. The molecule has 6 heteroatoms. The third-order valence-corrected chi connectivity index (χ3v) is 3.22. The Balaban J connectivity index is 2.15. The monoisotopic (exact) mass is 271 g/mol. The van der Waals surface area contributed by atoms with E-state index >= 15 is 0 Å². The molecule has 0 radical (unpaired) electrons. The maximum atomic E-state index is 14.0. The van der Waals surface area contributed by atoms with Crippen molar-refractivity contribution in [2.24, 2.45) is 4.99 Å². The van der Waals surface area contributed by atoms with E-state index in [1.807, 2.05) is 48.5 Å². The van der Waals surface area contributed by atoms with Gasteiger partial charge in [-0.1, -0.05) is 40.9 Å². The van der Waals surface area contributed by atoms with Gasteiger partial charge in [0.1, 0.15) is 0 Å². The fraction of sp³-hybridized carbons (Fsp3) is 0.143. The lowest BCUT2D eigenvalue weighted by molar-refractivity contribution is 0.0453. The molecule has 1 aliphatic rings. The highest BCUT2D eigenvalue weighted by Gasteiger charge is 2.45. The van der Waals surface area contributed by atoms with Gasteiger partial charge in [-0.15, -0.1) is 5.23 Å². The Morgan fingerprint density at radius 3 is 2.50 bits per heavy atom. The van der Waals surface area contributed by atoms with E-state index in [0.29, 0.717) is 10.9 Å². The van der Waals surface area contributed by atoms with Crippen molar-refractivity contribution in [2.75, 3.05) is 7.05 Å². The van der Waals surface area contributed by atoms with Crippen LogP contribution in [0, 0.1) is 0 Å². The summed E-state index contributed by atoms with van der Waals surface area (Å²) in [6, 6.07) is 15.0. The largest absolute Gasteiger partial charge is 0.325 e. The molecule has 5 nitrogen and oxygen atoms in total. The molecule has 102 valence electrons. The second kappa shape index (κ2) is 4.90. The number of aliphatic imine (C=N–C) groups is 1. The van der Waals surface area contributed by atoms with Crippen LogP contribution in [-0.2, 0) is 5.66 Å². The lowest BCUT2D eigenvalue weighted by atomic mass is 9.96. The fourth-order valence-electron chi connectivity index (χ4n) is 2.27. The summed E-state index contributed by atoms with van der Waals surface area (Å²) >= 11 is 0. The van der Waals surface area contributed by atoms with Crippen LogP contribution in [0.2, 0.25) is 0 Å². The van der Waals surface area contributed by atoms with Crippen LogP contribution in [0.5, 0.6) is 0 Å². The summed E-state index contributed by atoms with van der Waals surface area (Å²) in [6.45, 7) is 0. The molecule has 1 unspecified atom stereocenters. The van der Waals surface area contributed by atoms with Gasteiger partial charge in [0.2, 0.25) is 5.96 Å². The minimum atomic E-state index is -0.966. The number of hydrazine groups is 1. The number of aromatic nitrogens is 1. The van der Waals surface area contributed by atoms with Crippen molar-refractivity contribution in [3.05, 3.63) is 66.0 Å². The van der Waals surface area contributed by atoms with E-state index < -0.39 is 5.66 Å². The molecule has 2 N–H and O–H groups in total. The molecule has 1 atom stereocenters. The Hall–Kier alpha value is -2.47. The summed E-state index contributed by atoms with van der Waals surface area (Å²) < 4.78 is 14.0. The van der Waals surface area contributed by atoms with E-state index in [0.717, 1.165) is 5.56 Å². The highest BCUT2D eigenvalue weighted by molar-refractivity contribution is 5.82. The van der Waals surface area contributed by atoms with Crippen LogP contribution >= 0.6 is 0 Å². The van der Waals surface area contributed by atoms with Crippen molar-refractivity contribution in [3.63, 3.8) is 0 Å². The first-order valence-electron chi connectivity index (χ1n) is 6.22. The zero-order chi connectivity index (χ0) is 14.0. The van der Waals surface area contributed by atoms with Crippen LogP contribution in [-0.4, -0.2) is 23.2 Å². The molecule has 3 rings (SSSR count). The second-order valence-electron chi connectivity index (χ2n) is 4.40. The van der Waals surface area contributed by atoms with E-state index in [-0.39, 0.29) is 5.96 Å². The maximum Gasteiger partial charge on any atom is 0.241 e. The standard InChI is InChI=1S/C14H14FN5/c1-16-13-18-14(19-20(13)15,11-7-3-2-4-8-11)12-9-5-6-10-17-12/h2-10,19H,1H3,(H,16,18). The number of pyridine rings is 1. The molecule has 0 spiro atoms. The number of halogens is 1. The van der Waals surface area contributed by atoms with Gasteiger partial charge in [-0.3, -0.25) is 9.98 Å². The highest BCUT2D eigenvalue weighted by atomic mass is 19.2. The Morgan fingerprint density at radius 2 is 1.90 bits per heavy atom. The van der Waals surface area contributed by atoms with E-state index in [9.17, 15) is 4.48 Å². The molecule has 1 aromatic heterocycles. The summed E-state index contributed by atoms with van der Waals surface area (Å²) in [4.78, 5) is 8.22. The summed E-state index contributed by atoms with van der Waals surface area (Å²) in [6.07, 6.45) is 1.67. The average Bonchev–Trinajstić information content (AvgIpc) is 2.87. The van der Waals surface area contributed by atoms with Gasteiger partial charge in [0.25, 0.3) is 0 Å². The maximum absolute atomic E-state index is 14.0. The Labute approximate surface area is 116 Å². The second-order valence-corrected chi connectivity index (χ2v) is 4.40. The van der Waals surface area contributed by atoms with Gasteiger partial charge in [0, 0.05) is 18.8 Å². The summed E-state index contributed by atoms with van der Waals surface area (Å²) in [7, 11) is 1.52. The fourth-order valence-corrected chi connectivity index (χ4v) is 2.27. The number of nitrogens with zero attached hydrogens (tertiary/aromatic N) is 3. The number of nitrogens with one attached hydrogen (secondary N) is 2. The molecule has 20 heavy (non-hydrogen) atoms. The van der Waals surface area contributed by atoms with Crippen LogP contribution in [0.3, 0.4) is 0 Å². The van der Waals surface area contributed by atoms with Crippen LogP contribution in [0.1, 0.15) is 11.3 Å². The zero-order valence-corrected chi connectivity index (χ0v) is 10.9. The third-order valence-electron chi connectivity index (χ3n) is 3.22. The molecule has 1 aromatic carbocycles. The number of rotatable bonds is 2. The molecule has 1 aliphatic heterocycles. The first-order valence-corrected chi connectivity index (χ1v) is 6.22. The molecule has 0 amide bonds. The van der Waals surface area contributed by atoms with Crippen molar-refractivity contribution >= 4 is 5.96 Å². The quantitative estimate of drug-likeness (QED) is 0.814. The summed E-state index contributed by atoms with van der Waals surface area (Å²) in [5, 5.41) is 3.44. The first-order chi connectivity index (χ1) is 9.76. The molecule has 0 aliphatic carbocycles. The molecule has 0 saturated carbocycles. The minimum Gasteiger partial charge on any atom is -0.325 e. The molecule has 2 heterocycles. The number of guanidine groups is 1. The van der Waals surface area contributed by atoms with Crippen LogP contribution in [0.15, 0.2) is 59.7 Å².